The Labute approximate surface area is 157 Å². The number of nitrogens with zero attached hydrogens (tertiary/aromatic N) is 1. The highest BCUT2D eigenvalue weighted by Gasteiger charge is 2.12. The summed E-state index contributed by atoms with van der Waals surface area (Å²) in [5.74, 6) is 1.16. The van der Waals surface area contributed by atoms with Crippen molar-refractivity contribution >= 4 is 35.1 Å². The fraction of sp³-hybridized carbons (Fsp3) is 0.118. The Morgan fingerprint density at radius 3 is 2.81 bits per heavy atom. The molecule has 0 saturated carbocycles. The van der Waals surface area contributed by atoms with E-state index in [1.54, 1.807) is 36.6 Å². The van der Waals surface area contributed by atoms with E-state index in [0.717, 1.165) is 11.8 Å². The number of hydrogen-bond donors (Lipinski definition) is 2. The molecule has 0 aliphatic rings. The maximum Gasteiger partial charge on any atom is 0.334 e. The lowest BCUT2D eigenvalue weighted by atomic mass is 10.3. The van der Waals surface area contributed by atoms with Gasteiger partial charge in [0.05, 0.1) is 23.5 Å². The number of thioether (sulfide) groups is 1. The molecular formula is C17H14ClN3O4S. The molecule has 3 rings (SSSR count). The third-order valence-corrected chi connectivity index (χ3v) is 4.52. The van der Waals surface area contributed by atoms with Gasteiger partial charge >= 0.3 is 5.69 Å². The van der Waals surface area contributed by atoms with E-state index < -0.39 is 11.2 Å². The summed E-state index contributed by atoms with van der Waals surface area (Å²) in [7, 11) is 0. The van der Waals surface area contributed by atoms with Crippen molar-refractivity contribution < 1.29 is 9.21 Å². The SMILES string of the molecule is O=C(CSCc1ccco1)Nc1cc(=O)[nH]c(=O)n1-c1cccc(Cl)c1. The summed E-state index contributed by atoms with van der Waals surface area (Å²) < 4.78 is 6.38. The van der Waals surface area contributed by atoms with Crippen LogP contribution in [0.2, 0.25) is 5.02 Å². The molecule has 2 aromatic heterocycles. The van der Waals surface area contributed by atoms with E-state index in [1.165, 1.54) is 16.3 Å². The van der Waals surface area contributed by atoms with Crippen molar-refractivity contribution in [3.8, 4) is 5.69 Å². The van der Waals surface area contributed by atoms with E-state index in [1.807, 2.05) is 6.07 Å². The maximum absolute atomic E-state index is 12.2. The number of carbonyl (C=O) groups excluding carboxylic acids is 1. The number of benzene rings is 1. The van der Waals surface area contributed by atoms with Crippen LogP contribution in [0, 0.1) is 0 Å². The minimum atomic E-state index is -0.668. The Morgan fingerprint density at radius 1 is 1.23 bits per heavy atom. The number of amides is 1. The molecule has 7 nitrogen and oxygen atoms in total. The van der Waals surface area contributed by atoms with Crippen LogP contribution in [0.15, 0.2) is 62.7 Å². The lowest BCUT2D eigenvalue weighted by Gasteiger charge is -2.13. The van der Waals surface area contributed by atoms with Crippen LogP contribution in [0.3, 0.4) is 0 Å². The third kappa shape index (κ3) is 4.47. The van der Waals surface area contributed by atoms with Gasteiger partial charge < -0.3 is 9.73 Å². The Kier molecular flexibility index (Phi) is 5.65. The molecule has 9 heteroatoms. The van der Waals surface area contributed by atoms with Gasteiger partial charge in [0.25, 0.3) is 5.56 Å². The molecule has 0 aliphatic heterocycles. The van der Waals surface area contributed by atoms with E-state index in [-0.39, 0.29) is 17.5 Å². The van der Waals surface area contributed by atoms with Crippen molar-refractivity contribution in [2.45, 2.75) is 5.75 Å². The highest BCUT2D eigenvalue weighted by molar-refractivity contribution is 7.99. The Balaban J connectivity index is 1.79. The summed E-state index contributed by atoms with van der Waals surface area (Å²) in [5, 5.41) is 3.02. The molecular weight excluding hydrogens is 378 g/mol. The average Bonchev–Trinajstić information content (AvgIpc) is 3.07. The monoisotopic (exact) mass is 391 g/mol. The Bertz CT molecular complexity index is 1030. The number of H-pyrrole nitrogens is 1. The highest BCUT2D eigenvalue weighted by atomic mass is 35.5. The standard InChI is InChI=1S/C17H14ClN3O4S/c18-11-3-1-4-12(7-11)21-14(8-15(22)20-17(21)24)19-16(23)10-26-9-13-5-2-6-25-13/h1-8H,9-10H2,(H,19,23)(H,20,22,24). The molecule has 0 radical (unpaired) electrons. The zero-order chi connectivity index (χ0) is 18.5. The normalized spacial score (nSPS) is 10.7. The van der Waals surface area contributed by atoms with Gasteiger partial charge in [0.1, 0.15) is 11.6 Å². The van der Waals surface area contributed by atoms with Gasteiger partial charge in [0.2, 0.25) is 5.91 Å². The van der Waals surface area contributed by atoms with Crippen molar-refractivity contribution in [3.63, 3.8) is 0 Å². The summed E-state index contributed by atoms with van der Waals surface area (Å²) in [4.78, 5) is 38.2. The number of nitrogens with one attached hydrogen (secondary N) is 2. The van der Waals surface area contributed by atoms with Crippen LogP contribution in [-0.4, -0.2) is 21.2 Å². The van der Waals surface area contributed by atoms with Crippen molar-refractivity contribution in [1.82, 2.24) is 9.55 Å². The first-order valence-electron chi connectivity index (χ1n) is 7.55. The minimum Gasteiger partial charge on any atom is -0.468 e. The van der Waals surface area contributed by atoms with Gasteiger partial charge in [-0.25, -0.2) is 9.36 Å². The number of carbonyl (C=O) groups is 1. The molecule has 0 bridgehead atoms. The zero-order valence-corrected chi connectivity index (χ0v) is 15.0. The van der Waals surface area contributed by atoms with Gasteiger partial charge in [-0.2, -0.15) is 0 Å². The number of aromatic nitrogens is 2. The van der Waals surface area contributed by atoms with Crippen molar-refractivity contribution in [2.75, 3.05) is 11.1 Å². The minimum absolute atomic E-state index is 0.0737. The summed E-state index contributed by atoms with van der Waals surface area (Å²) in [5.41, 5.74) is -0.845. The second-order valence-electron chi connectivity index (χ2n) is 5.26. The molecule has 2 heterocycles. The predicted molar refractivity (Wildman–Crippen MR) is 101 cm³/mol. The molecule has 0 atom stereocenters. The van der Waals surface area contributed by atoms with Crippen LogP contribution >= 0.6 is 23.4 Å². The molecule has 0 unspecified atom stereocenters. The van der Waals surface area contributed by atoms with Crippen LogP contribution in [0.4, 0.5) is 5.82 Å². The average molecular weight is 392 g/mol. The van der Waals surface area contributed by atoms with Crippen LogP contribution in [0.1, 0.15) is 5.76 Å². The van der Waals surface area contributed by atoms with Gasteiger partial charge in [0, 0.05) is 11.1 Å². The van der Waals surface area contributed by atoms with Crippen LogP contribution < -0.4 is 16.6 Å². The summed E-state index contributed by atoms with van der Waals surface area (Å²) >= 11 is 7.32. The molecule has 26 heavy (non-hydrogen) atoms. The van der Waals surface area contributed by atoms with Gasteiger partial charge in [-0.05, 0) is 30.3 Å². The molecule has 1 amide bonds. The smallest absolute Gasteiger partial charge is 0.334 e. The van der Waals surface area contributed by atoms with Crippen molar-refractivity contribution in [3.05, 3.63) is 80.3 Å². The van der Waals surface area contributed by atoms with Crippen molar-refractivity contribution in [2.24, 2.45) is 0 Å². The van der Waals surface area contributed by atoms with E-state index in [2.05, 4.69) is 10.3 Å². The van der Waals surface area contributed by atoms with Gasteiger partial charge in [-0.1, -0.05) is 17.7 Å². The lowest BCUT2D eigenvalue weighted by molar-refractivity contribution is -0.113. The van der Waals surface area contributed by atoms with Crippen LogP contribution in [0.25, 0.3) is 5.69 Å². The molecule has 3 aromatic rings. The first kappa shape index (κ1) is 18.1. The number of hydrogen-bond acceptors (Lipinski definition) is 5. The molecule has 0 spiro atoms. The molecule has 0 fully saturated rings. The fourth-order valence-corrected chi connectivity index (χ4v) is 3.19. The van der Waals surface area contributed by atoms with Crippen LogP contribution in [-0.2, 0) is 10.5 Å². The summed E-state index contributed by atoms with van der Waals surface area (Å²) in [6, 6.07) is 11.3. The number of rotatable bonds is 6. The first-order chi connectivity index (χ1) is 12.5. The van der Waals surface area contributed by atoms with Gasteiger partial charge in [-0.3, -0.25) is 14.6 Å². The van der Waals surface area contributed by atoms with E-state index in [9.17, 15) is 14.4 Å². The second kappa shape index (κ2) is 8.11. The molecule has 1 aromatic carbocycles. The van der Waals surface area contributed by atoms with Crippen molar-refractivity contribution in [1.29, 1.82) is 0 Å². The van der Waals surface area contributed by atoms with E-state index >= 15 is 0 Å². The highest BCUT2D eigenvalue weighted by Crippen LogP contribution is 2.17. The number of anilines is 1. The van der Waals surface area contributed by atoms with E-state index in [4.69, 9.17) is 16.0 Å². The number of furan rings is 1. The quantitative estimate of drug-likeness (QED) is 0.673. The lowest BCUT2D eigenvalue weighted by Crippen LogP contribution is -2.32. The third-order valence-electron chi connectivity index (χ3n) is 3.33. The molecule has 0 saturated heterocycles. The first-order valence-corrected chi connectivity index (χ1v) is 9.08. The number of aromatic amines is 1. The molecule has 134 valence electrons. The number of halogens is 1. The second-order valence-corrected chi connectivity index (χ2v) is 6.68. The van der Waals surface area contributed by atoms with Gasteiger partial charge in [-0.15, -0.1) is 11.8 Å². The molecule has 2 N–H and O–H groups in total. The maximum atomic E-state index is 12.2. The fourth-order valence-electron chi connectivity index (χ4n) is 2.28. The Hall–Kier alpha value is -2.71. The largest absolute Gasteiger partial charge is 0.468 e. The van der Waals surface area contributed by atoms with Crippen LogP contribution in [0.5, 0.6) is 0 Å². The predicted octanol–water partition coefficient (Wildman–Crippen LogP) is 2.64. The van der Waals surface area contributed by atoms with Gasteiger partial charge in [0.15, 0.2) is 0 Å². The molecule has 0 aliphatic carbocycles. The van der Waals surface area contributed by atoms with E-state index in [0.29, 0.717) is 16.5 Å². The zero-order valence-electron chi connectivity index (χ0n) is 13.4. The Morgan fingerprint density at radius 2 is 2.08 bits per heavy atom. The topological polar surface area (TPSA) is 97.1 Å². The summed E-state index contributed by atoms with van der Waals surface area (Å²) in [6.07, 6.45) is 1.57. The summed E-state index contributed by atoms with van der Waals surface area (Å²) in [6.45, 7) is 0.